The van der Waals surface area contributed by atoms with Gasteiger partial charge in [-0.2, -0.15) is 0 Å². The minimum absolute atomic E-state index is 0.272. The van der Waals surface area contributed by atoms with Gasteiger partial charge in [-0.15, -0.1) is 0 Å². The molecule has 0 aliphatic carbocycles. The number of aryl methyl sites for hydroxylation is 1. The monoisotopic (exact) mass is 383 g/mol. The summed E-state index contributed by atoms with van der Waals surface area (Å²) in [5, 5.41) is 5.36. The van der Waals surface area contributed by atoms with Crippen molar-refractivity contribution < 1.29 is 19.1 Å². The lowest BCUT2D eigenvalue weighted by Crippen LogP contribution is -2.24. The molecule has 0 aliphatic rings. The fourth-order valence-electron chi connectivity index (χ4n) is 2.54. The van der Waals surface area contributed by atoms with Crippen molar-refractivity contribution in [2.75, 3.05) is 18.5 Å². The van der Waals surface area contributed by atoms with E-state index < -0.39 is 11.9 Å². The number of halogens is 1. The molecule has 0 saturated carbocycles. The second-order valence-electron chi connectivity index (χ2n) is 5.97. The fourth-order valence-corrected chi connectivity index (χ4v) is 2.77. The fraction of sp³-hybridized carbons (Fsp3) is 0.143. The van der Waals surface area contributed by atoms with Crippen LogP contribution in [0.1, 0.15) is 5.56 Å². The van der Waals surface area contributed by atoms with Crippen molar-refractivity contribution >= 4 is 39.9 Å². The lowest BCUT2D eigenvalue weighted by atomic mass is 10.1. The zero-order chi connectivity index (χ0) is 19.2. The van der Waals surface area contributed by atoms with Crippen molar-refractivity contribution in [1.29, 1.82) is 0 Å². The molecule has 0 atom stereocenters. The first-order chi connectivity index (χ1) is 13.0. The van der Waals surface area contributed by atoms with E-state index in [4.69, 9.17) is 21.1 Å². The lowest BCUT2D eigenvalue weighted by molar-refractivity contribution is -0.149. The van der Waals surface area contributed by atoms with Crippen LogP contribution in [0.5, 0.6) is 5.75 Å². The molecule has 6 heteroatoms. The Morgan fingerprint density at radius 3 is 2.52 bits per heavy atom. The number of amides is 1. The van der Waals surface area contributed by atoms with Crippen LogP contribution in [0.15, 0.2) is 60.7 Å². The number of nitrogens with one attached hydrogen (secondary N) is 1. The Labute approximate surface area is 161 Å². The van der Waals surface area contributed by atoms with Crippen molar-refractivity contribution in [3.63, 3.8) is 0 Å². The summed E-state index contributed by atoms with van der Waals surface area (Å²) >= 11 is 5.88. The summed E-state index contributed by atoms with van der Waals surface area (Å²) in [4.78, 5) is 23.7. The maximum Gasteiger partial charge on any atom is 0.344 e. The van der Waals surface area contributed by atoms with Gasteiger partial charge in [0.1, 0.15) is 5.75 Å². The van der Waals surface area contributed by atoms with E-state index >= 15 is 0 Å². The van der Waals surface area contributed by atoms with Crippen molar-refractivity contribution in [1.82, 2.24) is 0 Å². The van der Waals surface area contributed by atoms with Crippen LogP contribution in [-0.4, -0.2) is 25.1 Å². The second kappa shape index (κ2) is 8.56. The molecule has 138 valence electrons. The lowest BCUT2D eigenvalue weighted by Gasteiger charge is -2.10. The Morgan fingerprint density at radius 2 is 1.74 bits per heavy atom. The van der Waals surface area contributed by atoms with Crippen LogP contribution in [0, 0.1) is 6.92 Å². The van der Waals surface area contributed by atoms with Crippen LogP contribution in [-0.2, 0) is 14.3 Å². The maximum absolute atomic E-state index is 11.9. The molecule has 3 rings (SSSR count). The predicted octanol–water partition coefficient (Wildman–Crippen LogP) is 4.36. The van der Waals surface area contributed by atoms with Crippen molar-refractivity contribution in [2.45, 2.75) is 6.92 Å². The number of fused-ring (bicyclic) bond motifs is 1. The van der Waals surface area contributed by atoms with Gasteiger partial charge in [-0.05, 0) is 53.6 Å². The molecule has 1 amide bonds. The summed E-state index contributed by atoms with van der Waals surface area (Å²) in [6.07, 6.45) is 0. The summed E-state index contributed by atoms with van der Waals surface area (Å²) in [6, 6.07) is 18.5. The number of carbonyl (C=O) groups excluding carboxylic acids is 2. The maximum atomic E-state index is 11.9. The van der Waals surface area contributed by atoms with E-state index in [0.717, 1.165) is 16.3 Å². The second-order valence-corrected chi connectivity index (χ2v) is 6.40. The van der Waals surface area contributed by atoms with Crippen LogP contribution < -0.4 is 10.1 Å². The predicted molar refractivity (Wildman–Crippen MR) is 105 cm³/mol. The van der Waals surface area contributed by atoms with E-state index in [1.165, 1.54) is 0 Å². The molecular weight excluding hydrogens is 366 g/mol. The summed E-state index contributed by atoms with van der Waals surface area (Å²) in [6.45, 7) is 1.17. The van der Waals surface area contributed by atoms with Crippen LogP contribution in [0.2, 0.25) is 5.02 Å². The van der Waals surface area contributed by atoms with Gasteiger partial charge in [0.05, 0.1) is 0 Å². The van der Waals surface area contributed by atoms with E-state index in [1.807, 2.05) is 43.3 Å². The Kier molecular flexibility index (Phi) is 5.94. The molecule has 3 aromatic rings. The van der Waals surface area contributed by atoms with Gasteiger partial charge in [0, 0.05) is 10.7 Å². The number of hydrogen-bond donors (Lipinski definition) is 1. The van der Waals surface area contributed by atoms with Crippen molar-refractivity contribution in [2.24, 2.45) is 0 Å². The highest BCUT2D eigenvalue weighted by molar-refractivity contribution is 6.30. The molecule has 0 saturated heterocycles. The summed E-state index contributed by atoms with van der Waals surface area (Å²) < 4.78 is 10.4. The topological polar surface area (TPSA) is 64.6 Å². The number of rotatable bonds is 6. The van der Waals surface area contributed by atoms with Gasteiger partial charge in [-0.25, -0.2) is 4.79 Å². The largest absolute Gasteiger partial charge is 0.482 e. The molecule has 0 fully saturated rings. The number of anilines is 1. The number of carbonyl (C=O) groups is 2. The third-order valence-electron chi connectivity index (χ3n) is 3.90. The highest BCUT2D eigenvalue weighted by Gasteiger charge is 2.10. The number of benzene rings is 3. The quantitative estimate of drug-likeness (QED) is 0.642. The van der Waals surface area contributed by atoms with Crippen LogP contribution >= 0.6 is 11.6 Å². The average Bonchev–Trinajstić information content (AvgIpc) is 2.67. The smallest absolute Gasteiger partial charge is 0.344 e. The zero-order valence-corrected chi connectivity index (χ0v) is 15.5. The average molecular weight is 384 g/mol. The number of hydrogen-bond acceptors (Lipinski definition) is 4. The molecule has 1 N–H and O–H groups in total. The van der Waals surface area contributed by atoms with Crippen LogP contribution in [0.25, 0.3) is 10.8 Å². The number of esters is 1. The normalized spacial score (nSPS) is 10.4. The molecule has 0 aromatic heterocycles. The number of ether oxygens (including phenoxy) is 2. The Hall–Kier alpha value is -3.05. The third kappa shape index (κ3) is 5.21. The van der Waals surface area contributed by atoms with Gasteiger partial charge in [0.2, 0.25) is 0 Å². The minimum atomic E-state index is -0.619. The molecular formula is C21H18ClNO4. The van der Waals surface area contributed by atoms with E-state index in [9.17, 15) is 9.59 Å². The molecule has 27 heavy (non-hydrogen) atoms. The first-order valence-corrected chi connectivity index (χ1v) is 8.72. The Balaban J connectivity index is 1.46. The summed E-state index contributed by atoms with van der Waals surface area (Å²) in [5.41, 5.74) is 1.44. The minimum Gasteiger partial charge on any atom is -0.482 e. The van der Waals surface area contributed by atoms with Gasteiger partial charge in [-0.1, -0.05) is 41.9 Å². The summed E-state index contributed by atoms with van der Waals surface area (Å²) in [7, 11) is 0. The standard InChI is InChI=1S/C21H18ClNO4/c1-14-10-17(22)7-9-19(14)23-20(24)12-27-21(25)13-26-18-8-6-15-4-2-3-5-16(15)11-18/h2-11H,12-13H2,1H3,(H,23,24). The Morgan fingerprint density at radius 1 is 0.963 bits per heavy atom. The van der Waals surface area contributed by atoms with E-state index in [1.54, 1.807) is 24.3 Å². The first-order valence-electron chi connectivity index (χ1n) is 8.34. The van der Waals surface area contributed by atoms with Crippen LogP contribution in [0.4, 0.5) is 5.69 Å². The molecule has 0 radical (unpaired) electrons. The van der Waals surface area contributed by atoms with Crippen molar-refractivity contribution in [3.8, 4) is 5.75 Å². The molecule has 3 aromatic carbocycles. The summed E-state index contributed by atoms with van der Waals surface area (Å²) in [5.74, 6) is -0.488. The van der Waals surface area contributed by atoms with Crippen LogP contribution in [0.3, 0.4) is 0 Å². The molecule has 0 unspecified atom stereocenters. The molecule has 0 bridgehead atoms. The SMILES string of the molecule is Cc1cc(Cl)ccc1NC(=O)COC(=O)COc1ccc2ccccc2c1. The van der Waals surface area contributed by atoms with Gasteiger partial charge in [0.25, 0.3) is 5.91 Å². The molecule has 0 spiro atoms. The zero-order valence-electron chi connectivity index (χ0n) is 14.7. The Bertz CT molecular complexity index is 987. The molecule has 5 nitrogen and oxygen atoms in total. The van der Waals surface area contributed by atoms with E-state index in [-0.39, 0.29) is 13.2 Å². The highest BCUT2D eigenvalue weighted by Crippen LogP contribution is 2.21. The van der Waals surface area contributed by atoms with Gasteiger partial charge in [0.15, 0.2) is 13.2 Å². The van der Waals surface area contributed by atoms with Gasteiger partial charge in [-0.3, -0.25) is 4.79 Å². The molecule has 0 aliphatic heterocycles. The third-order valence-corrected chi connectivity index (χ3v) is 4.14. The van der Waals surface area contributed by atoms with Crippen molar-refractivity contribution in [3.05, 3.63) is 71.2 Å². The van der Waals surface area contributed by atoms with Gasteiger partial charge < -0.3 is 14.8 Å². The van der Waals surface area contributed by atoms with E-state index in [2.05, 4.69) is 5.32 Å². The first kappa shape index (κ1) is 18.7. The molecule has 0 heterocycles. The highest BCUT2D eigenvalue weighted by atomic mass is 35.5. The van der Waals surface area contributed by atoms with Gasteiger partial charge >= 0.3 is 5.97 Å². The van der Waals surface area contributed by atoms with E-state index in [0.29, 0.717) is 16.5 Å².